The first-order valence-corrected chi connectivity index (χ1v) is 10.4. The number of rotatable bonds is 12. The molecule has 176 valence electrons. The number of hydrogen-bond donors (Lipinski definition) is 2. The first-order chi connectivity index (χ1) is 15.7. The molecule has 0 aliphatic rings. The Labute approximate surface area is 194 Å². The second-order valence-corrected chi connectivity index (χ2v) is 7.64. The van der Waals surface area contributed by atoms with Gasteiger partial charge in [0.15, 0.2) is 0 Å². The summed E-state index contributed by atoms with van der Waals surface area (Å²) in [5.74, 6) is -0.580. The maximum absolute atomic E-state index is 10.7. The van der Waals surface area contributed by atoms with Gasteiger partial charge >= 0.3 is 11.9 Å². The third kappa shape index (κ3) is 8.25. The van der Waals surface area contributed by atoms with E-state index in [9.17, 15) is 9.59 Å². The van der Waals surface area contributed by atoms with Crippen LogP contribution in [0.15, 0.2) is 48.6 Å². The molecule has 0 unspecified atom stereocenters. The van der Waals surface area contributed by atoms with Gasteiger partial charge in [0, 0.05) is 46.8 Å². The van der Waals surface area contributed by atoms with Gasteiger partial charge in [0.25, 0.3) is 0 Å². The molecule has 8 nitrogen and oxygen atoms in total. The molecule has 0 saturated carbocycles. The van der Waals surface area contributed by atoms with Crippen molar-refractivity contribution in [1.82, 2.24) is 0 Å². The second-order valence-electron chi connectivity index (χ2n) is 7.64. The summed E-state index contributed by atoms with van der Waals surface area (Å²) in [5, 5.41) is 17.6. The van der Waals surface area contributed by atoms with E-state index in [1.807, 2.05) is 74.4 Å². The second kappa shape index (κ2) is 12.2. The lowest BCUT2D eigenvalue weighted by atomic mass is 10.1. The fourth-order valence-corrected chi connectivity index (χ4v) is 2.98. The molecule has 0 radical (unpaired) electrons. The number of hydrogen-bond acceptors (Lipinski definition) is 6. The zero-order valence-corrected chi connectivity index (χ0v) is 19.3. The highest BCUT2D eigenvalue weighted by atomic mass is 16.5. The van der Waals surface area contributed by atoms with E-state index in [0.717, 1.165) is 34.7 Å². The van der Waals surface area contributed by atoms with E-state index in [-0.39, 0.29) is 0 Å². The summed E-state index contributed by atoms with van der Waals surface area (Å²) in [6.45, 7) is 0.893. The van der Waals surface area contributed by atoms with Crippen LogP contribution in [0, 0.1) is 0 Å². The topological polar surface area (TPSA) is 99.5 Å². The van der Waals surface area contributed by atoms with E-state index in [1.54, 1.807) is 0 Å². The van der Waals surface area contributed by atoms with Crippen LogP contribution in [0.5, 0.6) is 11.5 Å². The van der Waals surface area contributed by atoms with Crippen molar-refractivity contribution in [2.24, 2.45) is 0 Å². The highest BCUT2D eigenvalue weighted by Gasteiger charge is 2.09. The van der Waals surface area contributed by atoms with Crippen molar-refractivity contribution in [3.8, 4) is 11.5 Å². The fourth-order valence-electron chi connectivity index (χ4n) is 2.98. The molecule has 0 aliphatic heterocycles. The number of carbonyl (C=O) groups is 2. The van der Waals surface area contributed by atoms with E-state index < -0.39 is 11.9 Å². The molecule has 0 heterocycles. The van der Waals surface area contributed by atoms with Gasteiger partial charge in [0.2, 0.25) is 0 Å². The summed E-state index contributed by atoms with van der Waals surface area (Å²) in [6, 6.07) is 11.0. The molecule has 33 heavy (non-hydrogen) atoms. The lowest BCUT2D eigenvalue weighted by Gasteiger charge is -2.20. The van der Waals surface area contributed by atoms with Crippen LogP contribution in [-0.4, -0.2) is 63.6 Å². The molecule has 0 aliphatic carbocycles. The smallest absolute Gasteiger partial charge is 0.328 e. The summed E-state index contributed by atoms with van der Waals surface area (Å²) in [5.41, 5.74) is 3.25. The molecule has 0 atom stereocenters. The molecule has 0 bridgehead atoms. The van der Waals surface area contributed by atoms with Crippen molar-refractivity contribution < 1.29 is 29.3 Å². The Balaban J connectivity index is 1.96. The van der Waals surface area contributed by atoms with E-state index in [0.29, 0.717) is 31.1 Å². The summed E-state index contributed by atoms with van der Waals surface area (Å²) in [4.78, 5) is 25.3. The number of aliphatic carboxylic acids is 2. The third-order valence-electron chi connectivity index (χ3n) is 4.57. The van der Waals surface area contributed by atoms with Gasteiger partial charge in [-0.05, 0) is 47.5 Å². The highest BCUT2D eigenvalue weighted by molar-refractivity contribution is 5.86. The molecule has 0 spiro atoms. The van der Waals surface area contributed by atoms with E-state index in [4.69, 9.17) is 19.7 Å². The molecule has 0 amide bonds. The van der Waals surface area contributed by atoms with E-state index in [2.05, 4.69) is 0 Å². The Bertz CT molecular complexity index is 946. The number of nitrogens with zero attached hydrogens (tertiary/aromatic N) is 2. The van der Waals surface area contributed by atoms with Crippen LogP contribution in [0.2, 0.25) is 0 Å². The zero-order valence-electron chi connectivity index (χ0n) is 19.3. The van der Waals surface area contributed by atoms with Crippen molar-refractivity contribution in [2.45, 2.75) is 6.42 Å². The number of carboxylic acids is 2. The van der Waals surface area contributed by atoms with E-state index in [1.165, 1.54) is 12.2 Å². The summed E-state index contributed by atoms with van der Waals surface area (Å²) in [7, 11) is 7.59. The van der Waals surface area contributed by atoms with Crippen LogP contribution in [0.1, 0.15) is 17.5 Å². The van der Waals surface area contributed by atoms with Crippen molar-refractivity contribution >= 4 is 35.5 Å². The first kappa shape index (κ1) is 25.3. The zero-order chi connectivity index (χ0) is 24.4. The molecule has 0 saturated heterocycles. The predicted molar refractivity (Wildman–Crippen MR) is 130 cm³/mol. The molecule has 2 aromatic rings. The minimum atomic E-state index is -0.995. The Morgan fingerprint density at radius 3 is 1.48 bits per heavy atom. The quantitative estimate of drug-likeness (QED) is 0.368. The summed E-state index contributed by atoms with van der Waals surface area (Å²) < 4.78 is 11.9. The van der Waals surface area contributed by atoms with Gasteiger partial charge in [-0.15, -0.1) is 0 Å². The Morgan fingerprint density at radius 2 is 1.15 bits per heavy atom. The monoisotopic (exact) mass is 454 g/mol. The molecule has 0 fully saturated rings. The Kier molecular flexibility index (Phi) is 9.35. The molecular formula is C25H30N2O6. The van der Waals surface area contributed by atoms with Gasteiger partial charge in [0.1, 0.15) is 11.5 Å². The van der Waals surface area contributed by atoms with Crippen LogP contribution in [0.25, 0.3) is 12.2 Å². The highest BCUT2D eigenvalue weighted by Crippen LogP contribution is 2.30. The fraction of sp³-hybridized carbons (Fsp3) is 0.280. The van der Waals surface area contributed by atoms with Crippen molar-refractivity contribution in [2.75, 3.05) is 51.2 Å². The molecule has 2 aromatic carbocycles. The predicted octanol–water partition coefficient (Wildman–Crippen LogP) is 3.86. The Hall–Kier alpha value is -3.94. The largest absolute Gasteiger partial charge is 0.491 e. The van der Waals surface area contributed by atoms with Crippen LogP contribution in [0.4, 0.5) is 11.4 Å². The molecule has 8 heteroatoms. The number of anilines is 2. The van der Waals surface area contributed by atoms with Crippen LogP contribution in [0.3, 0.4) is 0 Å². The van der Waals surface area contributed by atoms with Gasteiger partial charge in [0.05, 0.1) is 24.6 Å². The third-order valence-corrected chi connectivity index (χ3v) is 4.57. The van der Waals surface area contributed by atoms with Gasteiger partial charge in [-0.1, -0.05) is 12.1 Å². The van der Waals surface area contributed by atoms with Crippen molar-refractivity contribution in [1.29, 1.82) is 0 Å². The van der Waals surface area contributed by atoms with E-state index >= 15 is 0 Å². The first-order valence-electron chi connectivity index (χ1n) is 10.4. The van der Waals surface area contributed by atoms with Gasteiger partial charge < -0.3 is 29.5 Å². The van der Waals surface area contributed by atoms with Crippen LogP contribution < -0.4 is 19.3 Å². The van der Waals surface area contributed by atoms with Crippen molar-refractivity contribution in [3.05, 3.63) is 59.7 Å². The molecule has 2 rings (SSSR count). The lowest BCUT2D eigenvalue weighted by Crippen LogP contribution is -2.13. The summed E-state index contributed by atoms with van der Waals surface area (Å²) in [6.07, 6.45) is 5.93. The normalized spacial score (nSPS) is 11.0. The number of carboxylic acid groups (broad SMARTS) is 2. The average Bonchev–Trinajstić information content (AvgIpc) is 2.76. The standard InChI is InChI=1S/C25H30N2O6/c1-26(2)20-16-18(8-12-24(28)29)6-10-22(20)32-14-5-15-33-23-11-7-19(9-13-25(30)31)17-21(23)27(3)4/h6-13,16-17H,5,14-15H2,1-4H3,(H,28,29)(H,30,31)/b12-8+,13-9+. The SMILES string of the molecule is CN(C)c1cc(/C=C/C(=O)O)ccc1OCCCOc1ccc(/C=C/C(=O)O)cc1N(C)C. The molecular weight excluding hydrogens is 424 g/mol. The van der Waals surface area contributed by atoms with Gasteiger partial charge in [-0.2, -0.15) is 0 Å². The van der Waals surface area contributed by atoms with Crippen molar-refractivity contribution in [3.63, 3.8) is 0 Å². The van der Waals surface area contributed by atoms with Crippen LogP contribution >= 0.6 is 0 Å². The summed E-state index contributed by atoms with van der Waals surface area (Å²) >= 11 is 0. The van der Waals surface area contributed by atoms with Gasteiger partial charge in [-0.25, -0.2) is 9.59 Å². The maximum atomic E-state index is 10.7. The lowest BCUT2D eigenvalue weighted by molar-refractivity contribution is -0.132. The average molecular weight is 455 g/mol. The number of benzene rings is 2. The minimum Gasteiger partial charge on any atom is -0.491 e. The minimum absolute atomic E-state index is 0.446. The molecule has 0 aromatic heterocycles. The van der Waals surface area contributed by atoms with Gasteiger partial charge in [-0.3, -0.25) is 0 Å². The maximum Gasteiger partial charge on any atom is 0.328 e. The Morgan fingerprint density at radius 1 is 0.758 bits per heavy atom. The molecule has 2 N–H and O–H groups in total. The number of ether oxygens (including phenoxy) is 2. The van der Waals surface area contributed by atoms with Crippen LogP contribution in [-0.2, 0) is 9.59 Å².